The van der Waals surface area contributed by atoms with Crippen molar-refractivity contribution in [2.24, 2.45) is 5.41 Å². The van der Waals surface area contributed by atoms with Crippen LogP contribution in [0.25, 0.3) is 0 Å². The Labute approximate surface area is 72.3 Å². The van der Waals surface area contributed by atoms with Gasteiger partial charge in [-0.05, 0) is 0 Å². The van der Waals surface area contributed by atoms with Gasteiger partial charge in [0.25, 0.3) is 0 Å². The highest BCUT2D eigenvalue weighted by atomic mass is 16.5. The fourth-order valence-electron chi connectivity index (χ4n) is 0.490. The number of carbonyl (C=O) groups is 2. The van der Waals surface area contributed by atoms with Crippen molar-refractivity contribution in [3.63, 3.8) is 0 Å². The number of ether oxygens (including phenoxy) is 1. The maximum Gasteiger partial charge on any atom is 0.407 e. The summed E-state index contributed by atoms with van der Waals surface area (Å²) in [5.41, 5.74) is -0.416. The van der Waals surface area contributed by atoms with Crippen molar-refractivity contribution >= 4 is 11.9 Å². The van der Waals surface area contributed by atoms with E-state index >= 15 is 0 Å². The van der Waals surface area contributed by atoms with Gasteiger partial charge in [0.15, 0.2) is 5.78 Å². The summed E-state index contributed by atoms with van der Waals surface area (Å²) in [7, 11) is 1.26. The molecule has 0 atom stereocenters. The minimum Gasteiger partial charge on any atom is -0.453 e. The molecule has 0 unspecified atom stereocenters. The summed E-state index contributed by atoms with van der Waals surface area (Å²) in [5.74, 6) is -0.0205. The van der Waals surface area contributed by atoms with Crippen LogP contribution in [0.3, 0.4) is 0 Å². The molecule has 70 valence electrons. The van der Waals surface area contributed by atoms with Crippen LogP contribution < -0.4 is 5.32 Å². The number of ketones is 1. The zero-order valence-corrected chi connectivity index (χ0v) is 7.93. The number of nitrogens with one attached hydrogen (secondary N) is 1. The molecule has 4 nitrogen and oxygen atoms in total. The Balaban J connectivity index is 3.81. The minimum atomic E-state index is -0.576. The molecule has 1 N–H and O–H groups in total. The highest BCUT2D eigenvalue weighted by Crippen LogP contribution is 2.13. The van der Waals surface area contributed by atoms with E-state index in [1.165, 1.54) is 7.11 Å². The summed E-state index contributed by atoms with van der Waals surface area (Å²) < 4.78 is 4.31. The van der Waals surface area contributed by atoms with Crippen molar-refractivity contribution in [1.29, 1.82) is 0 Å². The van der Waals surface area contributed by atoms with E-state index in [1.807, 2.05) is 0 Å². The smallest absolute Gasteiger partial charge is 0.407 e. The van der Waals surface area contributed by atoms with Gasteiger partial charge in [-0.15, -0.1) is 0 Å². The van der Waals surface area contributed by atoms with Gasteiger partial charge in [0.05, 0.1) is 13.7 Å². The molecule has 0 heterocycles. The van der Waals surface area contributed by atoms with Crippen LogP contribution in [0.5, 0.6) is 0 Å². The standard InChI is InChI=1S/C8H15NO3/c1-8(2,3)6(10)5-9-7(11)12-4/h5H2,1-4H3,(H,9,11). The van der Waals surface area contributed by atoms with E-state index < -0.39 is 11.5 Å². The number of carbonyl (C=O) groups excluding carboxylic acids is 2. The summed E-state index contributed by atoms with van der Waals surface area (Å²) >= 11 is 0. The van der Waals surface area contributed by atoms with Crippen LogP contribution >= 0.6 is 0 Å². The largest absolute Gasteiger partial charge is 0.453 e. The Morgan fingerprint density at radius 1 is 1.33 bits per heavy atom. The quantitative estimate of drug-likeness (QED) is 0.676. The second-order valence-electron chi connectivity index (χ2n) is 3.52. The lowest BCUT2D eigenvalue weighted by Crippen LogP contribution is -2.35. The van der Waals surface area contributed by atoms with Crippen molar-refractivity contribution in [2.45, 2.75) is 20.8 Å². The fraction of sp³-hybridized carbons (Fsp3) is 0.750. The van der Waals surface area contributed by atoms with Gasteiger partial charge in [-0.1, -0.05) is 20.8 Å². The van der Waals surface area contributed by atoms with E-state index in [9.17, 15) is 9.59 Å². The van der Waals surface area contributed by atoms with Crippen molar-refractivity contribution < 1.29 is 14.3 Å². The first-order valence-corrected chi connectivity index (χ1v) is 3.73. The first-order valence-electron chi connectivity index (χ1n) is 3.73. The Hall–Kier alpha value is -1.06. The Bertz CT molecular complexity index is 181. The van der Waals surface area contributed by atoms with E-state index in [0.717, 1.165) is 0 Å². The Kier molecular flexibility index (Phi) is 3.73. The number of Topliss-reactive ketones (excluding diaryl/α,β-unsaturated/α-hetero) is 1. The van der Waals surface area contributed by atoms with Gasteiger partial charge in [0.1, 0.15) is 0 Å². The van der Waals surface area contributed by atoms with Crippen LogP contribution in [0.15, 0.2) is 0 Å². The Morgan fingerprint density at radius 3 is 2.17 bits per heavy atom. The molecular formula is C8H15NO3. The first kappa shape index (κ1) is 10.9. The zero-order chi connectivity index (χ0) is 9.78. The molecule has 4 heteroatoms. The SMILES string of the molecule is COC(=O)NCC(=O)C(C)(C)C. The number of alkyl carbamates (subject to hydrolysis) is 1. The molecule has 0 bridgehead atoms. The molecule has 0 aliphatic carbocycles. The number of methoxy groups -OCH3 is 1. The third kappa shape index (κ3) is 3.95. The predicted molar refractivity (Wildman–Crippen MR) is 44.9 cm³/mol. The number of hydrogen-bond donors (Lipinski definition) is 1. The maximum absolute atomic E-state index is 11.2. The molecule has 0 aliphatic rings. The third-order valence-electron chi connectivity index (χ3n) is 1.42. The molecule has 0 spiro atoms. The van der Waals surface area contributed by atoms with E-state index in [4.69, 9.17) is 0 Å². The van der Waals surface area contributed by atoms with E-state index in [2.05, 4.69) is 10.1 Å². The molecule has 0 radical (unpaired) electrons. The van der Waals surface area contributed by atoms with E-state index in [0.29, 0.717) is 0 Å². The van der Waals surface area contributed by atoms with Crippen molar-refractivity contribution in [2.75, 3.05) is 13.7 Å². The summed E-state index contributed by atoms with van der Waals surface area (Å²) in [4.78, 5) is 21.8. The average Bonchev–Trinajstić information content (AvgIpc) is 1.97. The van der Waals surface area contributed by atoms with Crippen LogP contribution in [0, 0.1) is 5.41 Å². The van der Waals surface area contributed by atoms with Crippen molar-refractivity contribution in [1.82, 2.24) is 5.32 Å². The highest BCUT2D eigenvalue weighted by Gasteiger charge is 2.21. The van der Waals surface area contributed by atoms with E-state index in [-0.39, 0.29) is 12.3 Å². The molecule has 0 saturated heterocycles. The lowest BCUT2D eigenvalue weighted by Gasteiger charge is -2.16. The van der Waals surface area contributed by atoms with Crippen LogP contribution in [0.2, 0.25) is 0 Å². The molecular weight excluding hydrogens is 158 g/mol. The molecule has 1 amide bonds. The molecule has 0 aromatic rings. The fourth-order valence-corrected chi connectivity index (χ4v) is 0.490. The average molecular weight is 173 g/mol. The first-order chi connectivity index (χ1) is 5.38. The van der Waals surface area contributed by atoms with Crippen molar-refractivity contribution in [3.8, 4) is 0 Å². The summed E-state index contributed by atoms with van der Waals surface area (Å²) in [6.07, 6.45) is -0.576. The third-order valence-corrected chi connectivity index (χ3v) is 1.42. The molecule has 0 aromatic heterocycles. The monoisotopic (exact) mass is 173 g/mol. The summed E-state index contributed by atoms with van der Waals surface area (Å²) in [6, 6.07) is 0. The second-order valence-corrected chi connectivity index (χ2v) is 3.52. The lowest BCUT2D eigenvalue weighted by atomic mass is 9.91. The lowest BCUT2D eigenvalue weighted by molar-refractivity contribution is -0.125. The normalized spacial score (nSPS) is 10.7. The molecule has 12 heavy (non-hydrogen) atoms. The zero-order valence-electron chi connectivity index (χ0n) is 7.93. The maximum atomic E-state index is 11.2. The van der Waals surface area contributed by atoms with Crippen LogP contribution in [0.4, 0.5) is 4.79 Å². The second kappa shape index (κ2) is 4.09. The van der Waals surface area contributed by atoms with Gasteiger partial charge < -0.3 is 10.1 Å². The molecule has 0 aromatic carbocycles. The minimum absolute atomic E-state index is 0.0205. The van der Waals surface area contributed by atoms with Gasteiger partial charge in [-0.2, -0.15) is 0 Å². The molecule has 0 aliphatic heterocycles. The topological polar surface area (TPSA) is 55.4 Å². The molecule has 0 saturated carbocycles. The number of rotatable bonds is 2. The van der Waals surface area contributed by atoms with Gasteiger partial charge in [0.2, 0.25) is 0 Å². The molecule has 0 rings (SSSR count). The summed E-state index contributed by atoms with van der Waals surface area (Å²) in [6.45, 7) is 5.42. The Morgan fingerprint density at radius 2 is 1.83 bits per heavy atom. The predicted octanol–water partition coefficient (Wildman–Crippen LogP) is 0.958. The van der Waals surface area contributed by atoms with Crippen molar-refractivity contribution in [3.05, 3.63) is 0 Å². The van der Waals surface area contributed by atoms with E-state index in [1.54, 1.807) is 20.8 Å². The van der Waals surface area contributed by atoms with Crippen LogP contribution in [0.1, 0.15) is 20.8 Å². The molecule has 0 fully saturated rings. The van der Waals surface area contributed by atoms with Gasteiger partial charge in [0, 0.05) is 5.41 Å². The van der Waals surface area contributed by atoms with Gasteiger partial charge in [-0.3, -0.25) is 4.79 Å². The number of hydrogen-bond acceptors (Lipinski definition) is 3. The van der Waals surface area contributed by atoms with Crippen LogP contribution in [-0.4, -0.2) is 25.5 Å². The van der Waals surface area contributed by atoms with Gasteiger partial charge >= 0.3 is 6.09 Å². The number of amides is 1. The highest BCUT2D eigenvalue weighted by molar-refractivity contribution is 5.87. The summed E-state index contributed by atoms with van der Waals surface area (Å²) in [5, 5.41) is 2.33. The van der Waals surface area contributed by atoms with Gasteiger partial charge in [-0.25, -0.2) is 4.79 Å². The van der Waals surface area contributed by atoms with Crippen LogP contribution in [-0.2, 0) is 9.53 Å².